The largest absolute Gasteiger partial charge is 0.478 e. The van der Waals surface area contributed by atoms with Gasteiger partial charge in [0.1, 0.15) is 0 Å². The average Bonchev–Trinajstić information content (AvgIpc) is 2.58. The lowest BCUT2D eigenvalue weighted by Crippen LogP contribution is -1.85. The highest BCUT2D eigenvalue weighted by Crippen LogP contribution is 2.22. The Morgan fingerprint density at radius 3 is 3.00 bits per heavy atom. The van der Waals surface area contributed by atoms with Crippen LogP contribution in [0.15, 0.2) is 30.3 Å². The van der Waals surface area contributed by atoms with Crippen LogP contribution >= 0.6 is 11.5 Å². The van der Waals surface area contributed by atoms with Gasteiger partial charge in [-0.25, -0.2) is 4.79 Å². The summed E-state index contributed by atoms with van der Waals surface area (Å²) in [6, 6.07) is 7.74. The lowest BCUT2D eigenvalue weighted by Gasteiger charge is -1.87. The van der Waals surface area contributed by atoms with Crippen molar-refractivity contribution in [1.82, 2.24) is 4.37 Å². The summed E-state index contributed by atoms with van der Waals surface area (Å²) in [7, 11) is 0. The van der Waals surface area contributed by atoms with E-state index in [9.17, 15) is 4.79 Å². The molecular weight excluding hydrogens is 198 g/mol. The zero-order valence-corrected chi connectivity index (χ0v) is 7.99. The van der Waals surface area contributed by atoms with Crippen molar-refractivity contribution >= 4 is 33.7 Å². The average molecular weight is 205 g/mol. The van der Waals surface area contributed by atoms with E-state index in [4.69, 9.17) is 5.11 Å². The summed E-state index contributed by atoms with van der Waals surface area (Å²) in [4.78, 5) is 10.3. The van der Waals surface area contributed by atoms with Crippen LogP contribution in [0.1, 0.15) is 5.69 Å². The number of aromatic nitrogens is 1. The molecule has 0 aliphatic heterocycles. The molecular formula is C10H7NO2S. The summed E-state index contributed by atoms with van der Waals surface area (Å²) in [5.41, 5.74) is 0.716. The van der Waals surface area contributed by atoms with Crippen LogP contribution in [0, 0.1) is 0 Å². The molecule has 4 heteroatoms. The van der Waals surface area contributed by atoms with Gasteiger partial charge in [-0.2, -0.15) is 4.37 Å². The number of benzene rings is 1. The van der Waals surface area contributed by atoms with Crippen molar-refractivity contribution in [3.8, 4) is 0 Å². The third-order valence-electron chi connectivity index (χ3n) is 1.79. The van der Waals surface area contributed by atoms with E-state index in [0.717, 1.165) is 16.2 Å². The van der Waals surface area contributed by atoms with E-state index < -0.39 is 5.97 Å². The molecule has 0 aliphatic rings. The van der Waals surface area contributed by atoms with Gasteiger partial charge in [0, 0.05) is 11.5 Å². The van der Waals surface area contributed by atoms with Crippen LogP contribution in [0.25, 0.3) is 16.2 Å². The highest BCUT2D eigenvalue weighted by atomic mass is 32.1. The fourth-order valence-corrected chi connectivity index (χ4v) is 1.94. The number of hydrogen-bond donors (Lipinski definition) is 1. The molecule has 0 saturated carbocycles. The molecule has 0 unspecified atom stereocenters. The van der Waals surface area contributed by atoms with E-state index >= 15 is 0 Å². The minimum absolute atomic E-state index is 0.716. The summed E-state index contributed by atoms with van der Waals surface area (Å²) in [6.07, 6.45) is 2.61. The first kappa shape index (κ1) is 8.90. The lowest BCUT2D eigenvalue weighted by molar-refractivity contribution is -0.131. The van der Waals surface area contributed by atoms with Gasteiger partial charge in [-0.15, -0.1) is 0 Å². The van der Waals surface area contributed by atoms with Gasteiger partial charge in [0.25, 0.3) is 0 Å². The molecule has 3 nitrogen and oxygen atoms in total. The van der Waals surface area contributed by atoms with Crippen molar-refractivity contribution in [1.29, 1.82) is 0 Å². The number of aliphatic carboxylic acids is 1. The molecule has 2 rings (SSSR count). The summed E-state index contributed by atoms with van der Waals surface area (Å²) in [6.45, 7) is 0. The molecule has 1 heterocycles. The van der Waals surface area contributed by atoms with Crippen LogP contribution in [0.5, 0.6) is 0 Å². The monoisotopic (exact) mass is 205 g/mol. The number of nitrogens with zero attached hydrogens (tertiary/aromatic N) is 1. The Morgan fingerprint density at radius 2 is 2.21 bits per heavy atom. The van der Waals surface area contributed by atoms with Crippen molar-refractivity contribution in [2.75, 3.05) is 0 Å². The topological polar surface area (TPSA) is 50.2 Å². The number of carbonyl (C=O) groups is 1. The van der Waals surface area contributed by atoms with Crippen molar-refractivity contribution in [2.45, 2.75) is 0 Å². The number of rotatable bonds is 2. The molecule has 14 heavy (non-hydrogen) atoms. The molecule has 0 spiro atoms. The van der Waals surface area contributed by atoms with Crippen LogP contribution in [0.3, 0.4) is 0 Å². The molecule has 0 radical (unpaired) electrons. The van der Waals surface area contributed by atoms with Crippen molar-refractivity contribution in [2.24, 2.45) is 0 Å². The van der Waals surface area contributed by atoms with Crippen molar-refractivity contribution in [3.63, 3.8) is 0 Å². The molecule has 0 aliphatic carbocycles. The molecule has 0 atom stereocenters. The Kier molecular flexibility index (Phi) is 2.28. The second kappa shape index (κ2) is 3.59. The maximum Gasteiger partial charge on any atom is 0.328 e. The molecule has 1 aromatic heterocycles. The molecule has 0 bridgehead atoms. The maximum absolute atomic E-state index is 10.3. The van der Waals surface area contributed by atoms with E-state index in [-0.39, 0.29) is 0 Å². The Labute approximate surface area is 84.5 Å². The predicted molar refractivity (Wildman–Crippen MR) is 56.3 cm³/mol. The first-order valence-corrected chi connectivity index (χ1v) is 4.80. The minimum Gasteiger partial charge on any atom is -0.478 e. The van der Waals surface area contributed by atoms with Gasteiger partial charge in [-0.05, 0) is 23.7 Å². The van der Waals surface area contributed by atoms with Gasteiger partial charge in [0.2, 0.25) is 0 Å². The highest BCUT2D eigenvalue weighted by Gasteiger charge is 2.01. The molecule has 70 valence electrons. The fraction of sp³-hybridized carbons (Fsp3) is 0. The van der Waals surface area contributed by atoms with Gasteiger partial charge in [0.15, 0.2) is 0 Å². The molecule has 1 aromatic carbocycles. The first-order valence-electron chi connectivity index (χ1n) is 4.03. The van der Waals surface area contributed by atoms with Crippen LogP contribution in [0.2, 0.25) is 0 Å². The van der Waals surface area contributed by atoms with E-state index in [1.165, 1.54) is 17.6 Å². The first-order chi connectivity index (χ1) is 6.77. The fourth-order valence-electron chi connectivity index (χ4n) is 1.18. The summed E-state index contributed by atoms with van der Waals surface area (Å²) < 4.78 is 5.23. The van der Waals surface area contributed by atoms with Gasteiger partial charge in [0.05, 0.1) is 10.4 Å². The van der Waals surface area contributed by atoms with Crippen molar-refractivity contribution in [3.05, 3.63) is 36.0 Å². The maximum atomic E-state index is 10.3. The Hall–Kier alpha value is -1.68. The Morgan fingerprint density at radius 1 is 1.43 bits per heavy atom. The van der Waals surface area contributed by atoms with E-state index in [2.05, 4.69) is 4.37 Å². The quantitative estimate of drug-likeness (QED) is 0.766. The van der Waals surface area contributed by atoms with Gasteiger partial charge < -0.3 is 5.11 Å². The zero-order chi connectivity index (χ0) is 9.97. The van der Waals surface area contributed by atoms with E-state index in [0.29, 0.717) is 5.69 Å². The smallest absolute Gasteiger partial charge is 0.328 e. The molecule has 0 saturated heterocycles. The normalized spacial score (nSPS) is 11.1. The Balaban J connectivity index is 2.48. The van der Waals surface area contributed by atoms with Crippen LogP contribution in [-0.2, 0) is 4.79 Å². The summed E-state index contributed by atoms with van der Waals surface area (Å²) in [5, 5.41) is 9.47. The van der Waals surface area contributed by atoms with Crippen molar-refractivity contribution < 1.29 is 9.90 Å². The number of hydrogen-bond acceptors (Lipinski definition) is 3. The minimum atomic E-state index is -0.956. The Bertz CT molecular complexity index is 502. The third-order valence-corrected chi connectivity index (χ3v) is 2.63. The second-order valence-corrected chi connectivity index (χ2v) is 3.54. The lowest BCUT2D eigenvalue weighted by atomic mass is 10.2. The molecule has 1 N–H and O–H groups in total. The van der Waals surface area contributed by atoms with Crippen LogP contribution in [-0.4, -0.2) is 15.4 Å². The number of carboxylic acid groups (broad SMARTS) is 1. The molecule has 0 fully saturated rings. The van der Waals surface area contributed by atoms with Crippen LogP contribution in [0.4, 0.5) is 0 Å². The predicted octanol–water partition coefficient (Wildman–Crippen LogP) is 2.39. The third kappa shape index (κ3) is 1.65. The summed E-state index contributed by atoms with van der Waals surface area (Å²) >= 11 is 1.37. The molecule has 0 amide bonds. The van der Waals surface area contributed by atoms with Gasteiger partial charge >= 0.3 is 5.97 Å². The van der Waals surface area contributed by atoms with Gasteiger partial charge in [-0.1, -0.05) is 18.2 Å². The second-order valence-electron chi connectivity index (χ2n) is 2.74. The number of carboxylic acids is 1. The van der Waals surface area contributed by atoms with E-state index in [1.807, 2.05) is 24.3 Å². The van der Waals surface area contributed by atoms with Gasteiger partial charge in [-0.3, -0.25) is 0 Å². The van der Waals surface area contributed by atoms with E-state index in [1.54, 1.807) is 0 Å². The SMILES string of the molecule is O=C(O)C=Cc1nsc2ccccc12. The molecule has 2 aromatic rings. The highest BCUT2D eigenvalue weighted by molar-refractivity contribution is 7.13. The van der Waals surface area contributed by atoms with Crippen LogP contribution < -0.4 is 0 Å². The number of fused-ring (bicyclic) bond motifs is 1. The summed E-state index contributed by atoms with van der Waals surface area (Å²) in [5.74, 6) is -0.956. The standard InChI is InChI=1S/C10H7NO2S/c12-10(13)6-5-8-7-3-1-2-4-9(7)14-11-8/h1-6H,(H,12,13). The zero-order valence-electron chi connectivity index (χ0n) is 7.18.